The van der Waals surface area contributed by atoms with Crippen LogP contribution in [0.1, 0.15) is 31.4 Å². The van der Waals surface area contributed by atoms with E-state index in [-0.39, 0.29) is 12.3 Å². The van der Waals surface area contributed by atoms with Gasteiger partial charge in [0.05, 0.1) is 6.42 Å². The van der Waals surface area contributed by atoms with E-state index in [1.807, 2.05) is 24.3 Å². The van der Waals surface area contributed by atoms with Crippen molar-refractivity contribution < 1.29 is 9.32 Å². The number of rotatable bonds is 8. The Hall–Kier alpha value is -1.55. The number of hydrogen-bond acceptors (Lipinski definition) is 3. The lowest BCUT2D eigenvalue weighted by Crippen LogP contribution is -2.26. The van der Waals surface area contributed by atoms with Crippen LogP contribution in [-0.4, -0.2) is 23.5 Å². The van der Waals surface area contributed by atoms with Crippen molar-refractivity contribution in [3.63, 3.8) is 0 Å². The first-order chi connectivity index (χ1) is 9.81. The molecular weight excluding hydrogens is 276 g/mol. The normalized spacial score (nSPS) is 10.8. The summed E-state index contributed by atoms with van der Waals surface area (Å²) >= 11 is 5.61. The maximum atomic E-state index is 11.8. The third-order valence-corrected chi connectivity index (χ3v) is 3.43. The van der Waals surface area contributed by atoms with Crippen LogP contribution in [0.5, 0.6) is 0 Å². The number of carbonyl (C=O) groups is 1. The number of carbonyl (C=O) groups excluding carboxylic acids is 1. The molecule has 108 valence electrons. The van der Waals surface area contributed by atoms with Crippen LogP contribution in [0, 0.1) is 0 Å². The second kappa shape index (κ2) is 7.90. The zero-order valence-electron chi connectivity index (χ0n) is 11.4. The summed E-state index contributed by atoms with van der Waals surface area (Å²) in [5.41, 5.74) is 1.41. The molecule has 0 radical (unpaired) electrons. The van der Waals surface area contributed by atoms with Gasteiger partial charge in [-0.25, -0.2) is 0 Å². The third kappa shape index (κ3) is 4.23. The minimum absolute atomic E-state index is 0.0126. The highest BCUT2D eigenvalue weighted by molar-refractivity contribution is 6.17. The molecule has 0 bridgehead atoms. The highest BCUT2D eigenvalue weighted by Gasteiger charge is 2.11. The van der Waals surface area contributed by atoms with Gasteiger partial charge in [-0.15, -0.1) is 11.6 Å². The average Bonchev–Trinajstić information content (AvgIpc) is 2.86. The maximum absolute atomic E-state index is 11.8. The van der Waals surface area contributed by atoms with Crippen molar-refractivity contribution in [1.82, 2.24) is 10.5 Å². The van der Waals surface area contributed by atoms with E-state index in [0.29, 0.717) is 18.1 Å². The largest absolute Gasteiger partial charge is 0.356 e. The summed E-state index contributed by atoms with van der Waals surface area (Å²) in [4.78, 5) is 11.8. The Morgan fingerprint density at radius 2 is 2.00 bits per heavy atom. The number of hydrogen-bond donors (Lipinski definition) is 1. The smallest absolute Gasteiger partial charge is 0.226 e. The summed E-state index contributed by atoms with van der Waals surface area (Å²) in [6, 6.07) is 7.57. The summed E-state index contributed by atoms with van der Waals surface area (Å²) in [6.07, 6.45) is 4.51. The summed E-state index contributed by atoms with van der Waals surface area (Å²) < 4.78 is 5.18. The number of nitrogens with zero attached hydrogens (tertiary/aromatic N) is 1. The molecule has 1 heterocycles. The molecule has 0 spiro atoms. The minimum atomic E-state index is -0.0126. The number of fused-ring (bicyclic) bond motifs is 1. The standard InChI is InChI=1S/C15H19ClN2O2/c16-9-5-1-2-6-10-17-15(19)11-13-12-7-3-4-8-14(12)20-18-13/h3-4,7-8H,1-2,5-6,9-11H2,(H,17,19). The molecule has 1 aromatic carbocycles. The zero-order chi connectivity index (χ0) is 14.2. The van der Waals surface area contributed by atoms with Crippen LogP contribution in [-0.2, 0) is 11.2 Å². The molecule has 0 aliphatic carbocycles. The molecule has 1 N–H and O–H groups in total. The average molecular weight is 295 g/mol. The quantitative estimate of drug-likeness (QED) is 0.600. The van der Waals surface area contributed by atoms with Crippen LogP contribution >= 0.6 is 11.6 Å². The van der Waals surface area contributed by atoms with E-state index < -0.39 is 0 Å². The van der Waals surface area contributed by atoms with E-state index >= 15 is 0 Å². The van der Waals surface area contributed by atoms with Crippen LogP contribution in [0.25, 0.3) is 11.0 Å². The Bertz CT molecular complexity index is 554. The summed E-state index contributed by atoms with van der Waals surface area (Å²) in [5.74, 6) is 0.701. The highest BCUT2D eigenvalue weighted by Crippen LogP contribution is 2.17. The molecule has 2 rings (SSSR count). The predicted octanol–water partition coefficient (Wildman–Crippen LogP) is 3.29. The first-order valence-corrected chi connectivity index (χ1v) is 7.50. The summed E-state index contributed by atoms with van der Waals surface area (Å²) in [6.45, 7) is 0.705. The Morgan fingerprint density at radius 3 is 2.85 bits per heavy atom. The molecule has 0 unspecified atom stereocenters. The van der Waals surface area contributed by atoms with Crippen molar-refractivity contribution in [2.45, 2.75) is 32.1 Å². The number of halogens is 1. The van der Waals surface area contributed by atoms with E-state index in [0.717, 1.165) is 36.7 Å². The summed E-state index contributed by atoms with van der Waals surface area (Å²) in [7, 11) is 0. The Kier molecular flexibility index (Phi) is 5.87. The number of alkyl halides is 1. The highest BCUT2D eigenvalue weighted by atomic mass is 35.5. The van der Waals surface area contributed by atoms with Gasteiger partial charge in [0.25, 0.3) is 0 Å². The Morgan fingerprint density at radius 1 is 1.20 bits per heavy atom. The topological polar surface area (TPSA) is 55.1 Å². The van der Waals surface area contributed by atoms with Gasteiger partial charge >= 0.3 is 0 Å². The predicted molar refractivity (Wildman–Crippen MR) is 79.9 cm³/mol. The van der Waals surface area contributed by atoms with E-state index in [2.05, 4.69) is 10.5 Å². The molecule has 0 atom stereocenters. The van der Waals surface area contributed by atoms with Gasteiger partial charge in [0.2, 0.25) is 5.91 Å². The minimum Gasteiger partial charge on any atom is -0.356 e. The molecule has 0 aliphatic heterocycles. The van der Waals surface area contributed by atoms with Crippen LogP contribution < -0.4 is 5.32 Å². The molecule has 0 aliphatic rings. The number of amides is 1. The molecule has 20 heavy (non-hydrogen) atoms. The first-order valence-electron chi connectivity index (χ1n) is 6.97. The first kappa shape index (κ1) is 14.9. The number of aromatic nitrogens is 1. The lowest BCUT2D eigenvalue weighted by molar-refractivity contribution is -0.120. The molecule has 1 aromatic heterocycles. The fraction of sp³-hybridized carbons (Fsp3) is 0.467. The molecule has 5 heteroatoms. The Labute approximate surface area is 123 Å². The maximum Gasteiger partial charge on any atom is 0.226 e. The van der Waals surface area contributed by atoms with Gasteiger partial charge in [-0.3, -0.25) is 4.79 Å². The number of unbranched alkanes of at least 4 members (excludes halogenated alkanes) is 3. The van der Waals surface area contributed by atoms with E-state index in [4.69, 9.17) is 16.1 Å². The van der Waals surface area contributed by atoms with Gasteiger partial charge < -0.3 is 9.84 Å². The van der Waals surface area contributed by atoms with Crippen LogP contribution in [0.4, 0.5) is 0 Å². The number of benzene rings is 1. The fourth-order valence-electron chi connectivity index (χ4n) is 2.08. The molecule has 4 nitrogen and oxygen atoms in total. The fourth-order valence-corrected chi connectivity index (χ4v) is 2.27. The van der Waals surface area contributed by atoms with Gasteiger partial charge in [0.1, 0.15) is 5.69 Å². The van der Waals surface area contributed by atoms with Crippen molar-refractivity contribution in [3.8, 4) is 0 Å². The Balaban J connectivity index is 1.74. The molecule has 2 aromatic rings. The van der Waals surface area contributed by atoms with Crippen molar-refractivity contribution in [1.29, 1.82) is 0 Å². The van der Waals surface area contributed by atoms with Crippen LogP contribution in [0.2, 0.25) is 0 Å². The van der Waals surface area contributed by atoms with E-state index in [1.165, 1.54) is 0 Å². The van der Waals surface area contributed by atoms with E-state index in [9.17, 15) is 4.79 Å². The molecule has 0 saturated heterocycles. The molecule has 1 amide bonds. The van der Waals surface area contributed by atoms with Gasteiger partial charge in [-0.2, -0.15) is 0 Å². The SMILES string of the molecule is O=C(Cc1noc2ccccc12)NCCCCCCCl. The van der Waals surface area contributed by atoms with Crippen molar-refractivity contribution in [2.75, 3.05) is 12.4 Å². The number of para-hydroxylation sites is 1. The van der Waals surface area contributed by atoms with Crippen molar-refractivity contribution >= 4 is 28.5 Å². The lowest BCUT2D eigenvalue weighted by Gasteiger charge is -2.03. The van der Waals surface area contributed by atoms with Crippen LogP contribution in [0.15, 0.2) is 28.8 Å². The van der Waals surface area contributed by atoms with Gasteiger partial charge in [-0.05, 0) is 25.0 Å². The third-order valence-electron chi connectivity index (χ3n) is 3.16. The summed E-state index contributed by atoms with van der Waals surface area (Å²) in [5, 5.41) is 7.77. The monoisotopic (exact) mass is 294 g/mol. The van der Waals surface area contributed by atoms with Gasteiger partial charge in [0, 0.05) is 17.8 Å². The number of nitrogens with one attached hydrogen (secondary N) is 1. The second-order valence-corrected chi connectivity index (χ2v) is 5.13. The second-order valence-electron chi connectivity index (χ2n) is 4.76. The molecule has 0 fully saturated rings. The van der Waals surface area contributed by atoms with Crippen molar-refractivity contribution in [2.24, 2.45) is 0 Å². The van der Waals surface area contributed by atoms with Gasteiger partial charge in [-0.1, -0.05) is 30.1 Å². The van der Waals surface area contributed by atoms with Crippen molar-refractivity contribution in [3.05, 3.63) is 30.0 Å². The molecule has 0 saturated carbocycles. The lowest BCUT2D eigenvalue weighted by atomic mass is 10.1. The van der Waals surface area contributed by atoms with Gasteiger partial charge in [0.15, 0.2) is 5.58 Å². The van der Waals surface area contributed by atoms with Crippen LogP contribution in [0.3, 0.4) is 0 Å². The zero-order valence-corrected chi connectivity index (χ0v) is 12.2. The molecular formula is C15H19ClN2O2. The van der Waals surface area contributed by atoms with E-state index in [1.54, 1.807) is 0 Å².